The van der Waals surface area contributed by atoms with Crippen molar-refractivity contribution in [2.75, 3.05) is 11.1 Å². The summed E-state index contributed by atoms with van der Waals surface area (Å²) in [7, 11) is 0. The van der Waals surface area contributed by atoms with Gasteiger partial charge in [-0.15, -0.1) is 0 Å². The molecule has 6 heteroatoms. The maximum atomic E-state index is 12.1. The fourth-order valence-electron chi connectivity index (χ4n) is 2.44. The van der Waals surface area contributed by atoms with Gasteiger partial charge >= 0.3 is 0 Å². The van der Waals surface area contributed by atoms with E-state index >= 15 is 0 Å². The number of furan rings is 1. The number of anilines is 2. The first-order valence-corrected chi connectivity index (χ1v) is 8.59. The number of nitrogen functional groups attached to an aromatic ring is 1. The second kappa shape index (κ2) is 7.68. The molecule has 132 valence electrons. The Labute approximate surface area is 161 Å². The van der Waals surface area contributed by atoms with Gasteiger partial charge in [-0.05, 0) is 61.0 Å². The monoisotopic (exact) mass is 386 g/mol. The van der Waals surface area contributed by atoms with Crippen molar-refractivity contribution < 1.29 is 9.21 Å². The lowest BCUT2D eigenvalue weighted by Crippen LogP contribution is -2.09. The summed E-state index contributed by atoms with van der Waals surface area (Å²) in [5.41, 5.74) is 8.65. The van der Waals surface area contributed by atoms with Crippen molar-refractivity contribution >= 4 is 46.6 Å². The van der Waals surface area contributed by atoms with Gasteiger partial charge < -0.3 is 15.5 Å². The smallest absolute Gasteiger partial charge is 0.248 e. The van der Waals surface area contributed by atoms with Crippen LogP contribution in [0.25, 0.3) is 17.4 Å². The molecule has 1 amide bonds. The van der Waals surface area contributed by atoms with Gasteiger partial charge in [-0.2, -0.15) is 0 Å². The van der Waals surface area contributed by atoms with Gasteiger partial charge in [0.2, 0.25) is 5.91 Å². The Kier molecular flexibility index (Phi) is 5.35. The van der Waals surface area contributed by atoms with Gasteiger partial charge in [0.05, 0.1) is 10.0 Å². The Morgan fingerprint density at radius 2 is 1.96 bits per heavy atom. The average Bonchev–Trinajstić information content (AvgIpc) is 3.07. The van der Waals surface area contributed by atoms with E-state index in [0.717, 1.165) is 5.56 Å². The Bertz CT molecular complexity index is 993. The van der Waals surface area contributed by atoms with Crippen molar-refractivity contribution in [2.24, 2.45) is 0 Å². The molecule has 4 nitrogen and oxygen atoms in total. The number of nitrogens with two attached hydrogens (primary N) is 1. The number of carbonyl (C=O) groups is 1. The molecular formula is C20H16Cl2N2O2. The van der Waals surface area contributed by atoms with Crippen LogP contribution in [0.4, 0.5) is 11.4 Å². The van der Waals surface area contributed by atoms with Gasteiger partial charge in [0.1, 0.15) is 11.5 Å². The third-order valence-electron chi connectivity index (χ3n) is 3.75. The van der Waals surface area contributed by atoms with E-state index < -0.39 is 0 Å². The van der Waals surface area contributed by atoms with E-state index in [1.807, 2.05) is 13.0 Å². The second-order valence-electron chi connectivity index (χ2n) is 5.70. The number of carbonyl (C=O) groups excluding carboxylic acids is 1. The molecule has 0 saturated heterocycles. The molecule has 3 rings (SSSR count). The van der Waals surface area contributed by atoms with Gasteiger partial charge in [-0.1, -0.05) is 29.3 Å². The lowest BCUT2D eigenvalue weighted by Gasteiger charge is -2.06. The third kappa shape index (κ3) is 4.10. The maximum Gasteiger partial charge on any atom is 0.248 e. The maximum absolute atomic E-state index is 12.1. The molecule has 0 saturated carbocycles. The molecule has 0 aliphatic heterocycles. The minimum absolute atomic E-state index is 0.267. The lowest BCUT2D eigenvalue weighted by atomic mass is 10.2. The van der Waals surface area contributed by atoms with Crippen molar-refractivity contribution in [3.8, 4) is 11.3 Å². The van der Waals surface area contributed by atoms with Crippen LogP contribution in [0.15, 0.2) is 59.0 Å². The molecule has 1 aromatic heterocycles. The summed E-state index contributed by atoms with van der Waals surface area (Å²) in [6.07, 6.45) is 2.99. The molecule has 0 atom stereocenters. The van der Waals surface area contributed by atoms with Gasteiger partial charge in [0.25, 0.3) is 0 Å². The fourth-order valence-corrected chi connectivity index (χ4v) is 2.83. The quantitative estimate of drug-likeness (QED) is 0.439. The molecule has 0 fully saturated rings. The highest BCUT2D eigenvalue weighted by Crippen LogP contribution is 2.34. The van der Waals surface area contributed by atoms with Crippen LogP contribution in [-0.2, 0) is 4.79 Å². The van der Waals surface area contributed by atoms with Gasteiger partial charge in [0.15, 0.2) is 0 Å². The van der Waals surface area contributed by atoms with E-state index in [9.17, 15) is 4.79 Å². The fraction of sp³-hybridized carbons (Fsp3) is 0.0500. The number of halogens is 2. The van der Waals surface area contributed by atoms with Crippen molar-refractivity contribution in [1.29, 1.82) is 0 Å². The van der Waals surface area contributed by atoms with Crippen LogP contribution in [-0.4, -0.2) is 5.91 Å². The molecule has 26 heavy (non-hydrogen) atoms. The summed E-state index contributed by atoms with van der Waals surface area (Å²) in [5, 5.41) is 3.68. The first kappa shape index (κ1) is 18.1. The van der Waals surface area contributed by atoms with Crippen LogP contribution in [0, 0.1) is 6.92 Å². The van der Waals surface area contributed by atoms with Crippen LogP contribution in [0.2, 0.25) is 10.0 Å². The van der Waals surface area contributed by atoms with Crippen molar-refractivity contribution in [3.63, 3.8) is 0 Å². The summed E-state index contributed by atoms with van der Waals surface area (Å²) < 4.78 is 5.72. The second-order valence-corrected chi connectivity index (χ2v) is 6.49. The molecule has 3 aromatic rings. The SMILES string of the molecule is Cc1cc(N)ccc1NC(=O)/C=C/c1ccc(-c2cccc(Cl)c2Cl)o1. The number of aryl methyl sites for hydroxylation is 1. The summed E-state index contributed by atoms with van der Waals surface area (Å²) in [4.78, 5) is 12.1. The van der Waals surface area contributed by atoms with E-state index in [1.165, 1.54) is 6.08 Å². The molecule has 0 radical (unpaired) electrons. The van der Waals surface area contributed by atoms with Crippen molar-refractivity contribution in [2.45, 2.75) is 6.92 Å². The lowest BCUT2D eigenvalue weighted by molar-refractivity contribution is -0.111. The van der Waals surface area contributed by atoms with E-state index in [0.29, 0.717) is 38.5 Å². The van der Waals surface area contributed by atoms with Crippen LogP contribution in [0.1, 0.15) is 11.3 Å². The zero-order valence-corrected chi connectivity index (χ0v) is 15.4. The standard InChI is InChI=1S/C20H16Cl2N2O2/c1-12-11-13(23)5-8-17(12)24-19(25)10-7-14-6-9-18(26-14)15-3-2-4-16(21)20(15)22/h2-11H,23H2,1H3,(H,24,25)/b10-7+. The Hall–Kier alpha value is -2.69. The molecule has 0 unspecified atom stereocenters. The third-order valence-corrected chi connectivity index (χ3v) is 4.57. The molecule has 3 N–H and O–H groups in total. The molecule has 1 heterocycles. The van der Waals surface area contributed by atoms with Gasteiger partial charge in [-0.25, -0.2) is 0 Å². The average molecular weight is 387 g/mol. The molecule has 0 spiro atoms. The number of nitrogens with one attached hydrogen (secondary N) is 1. The number of hydrogen-bond donors (Lipinski definition) is 2. The highest BCUT2D eigenvalue weighted by Gasteiger charge is 2.10. The molecule has 0 aliphatic carbocycles. The Morgan fingerprint density at radius 1 is 1.15 bits per heavy atom. The zero-order valence-electron chi connectivity index (χ0n) is 13.9. The van der Waals surface area contributed by atoms with Crippen molar-refractivity contribution in [3.05, 3.63) is 76.0 Å². The molecule has 0 aliphatic rings. The Morgan fingerprint density at radius 3 is 2.73 bits per heavy atom. The van der Waals surface area contributed by atoms with E-state index in [2.05, 4.69) is 5.32 Å². The molecular weight excluding hydrogens is 371 g/mol. The number of benzene rings is 2. The Balaban J connectivity index is 1.72. The highest BCUT2D eigenvalue weighted by atomic mass is 35.5. The van der Waals surface area contributed by atoms with Crippen LogP contribution in [0.5, 0.6) is 0 Å². The summed E-state index contributed by atoms with van der Waals surface area (Å²) in [6, 6.07) is 14.2. The zero-order chi connectivity index (χ0) is 18.7. The van der Waals surface area contributed by atoms with Crippen LogP contribution < -0.4 is 11.1 Å². The summed E-state index contributed by atoms with van der Waals surface area (Å²) >= 11 is 12.2. The first-order chi connectivity index (χ1) is 12.4. The normalized spacial score (nSPS) is 11.0. The predicted molar refractivity (Wildman–Crippen MR) is 107 cm³/mol. The summed E-state index contributed by atoms with van der Waals surface area (Å²) in [5.74, 6) is 0.837. The number of hydrogen-bond acceptors (Lipinski definition) is 3. The minimum atomic E-state index is -0.267. The van der Waals surface area contributed by atoms with Gasteiger partial charge in [-0.3, -0.25) is 4.79 Å². The van der Waals surface area contributed by atoms with Crippen molar-refractivity contribution in [1.82, 2.24) is 0 Å². The highest BCUT2D eigenvalue weighted by molar-refractivity contribution is 6.43. The number of amides is 1. The van der Waals surface area contributed by atoms with E-state index in [4.69, 9.17) is 33.4 Å². The van der Waals surface area contributed by atoms with Crippen LogP contribution >= 0.6 is 23.2 Å². The van der Waals surface area contributed by atoms with E-state index in [-0.39, 0.29) is 5.91 Å². The topological polar surface area (TPSA) is 68.3 Å². The largest absolute Gasteiger partial charge is 0.457 e. The molecule has 2 aromatic carbocycles. The number of rotatable bonds is 4. The first-order valence-electron chi connectivity index (χ1n) is 7.83. The van der Waals surface area contributed by atoms with E-state index in [1.54, 1.807) is 48.5 Å². The molecule has 0 bridgehead atoms. The van der Waals surface area contributed by atoms with Gasteiger partial charge in [0, 0.05) is 23.0 Å². The summed E-state index contributed by atoms with van der Waals surface area (Å²) in [6.45, 7) is 1.88. The predicted octanol–water partition coefficient (Wildman–Crippen LogP) is 5.80. The van der Waals surface area contributed by atoms with Crippen LogP contribution in [0.3, 0.4) is 0 Å². The minimum Gasteiger partial charge on any atom is -0.457 e.